The highest BCUT2D eigenvalue weighted by Gasteiger charge is 2.30. The van der Waals surface area contributed by atoms with Crippen LogP contribution in [0, 0.1) is 37.3 Å². The molecule has 0 aliphatic rings. The van der Waals surface area contributed by atoms with Crippen LogP contribution in [0.5, 0.6) is 5.75 Å². The van der Waals surface area contributed by atoms with E-state index in [0.29, 0.717) is 12.1 Å². The second kappa shape index (κ2) is 8.37. The number of non-ortho nitro benzene ring substituents is 1. The molecule has 0 aliphatic carbocycles. The predicted molar refractivity (Wildman–Crippen MR) is 93.6 cm³/mol. The number of phenolic OH excluding ortho intramolecular Hbond substituents is 1. The lowest BCUT2D eigenvalue weighted by Gasteiger charge is -2.11. The van der Waals surface area contributed by atoms with Gasteiger partial charge in [-0.15, -0.1) is 0 Å². The molecule has 0 aromatic heterocycles. The molecular formula is C15H16N4O7. The summed E-state index contributed by atoms with van der Waals surface area (Å²) in [5.41, 5.74) is -0.436. The number of benzene rings is 2. The number of nitro groups is 3. The van der Waals surface area contributed by atoms with E-state index in [2.05, 4.69) is 36.1 Å². The summed E-state index contributed by atoms with van der Waals surface area (Å²) >= 11 is 0. The van der Waals surface area contributed by atoms with Gasteiger partial charge in [0.05, 0.1) is 26.9 Å². The molecule has 1 N–H and O–H groups in total. The van der Waals surface area contributed by atoms with Crippen molar-refractivity contribution in [2.45, 2.75) is 6.92 Å². The lowest BCUT2D eigenvalue weighted by Crippen LogP contribution is -2.07. The fourth-order valence-corrected chi connectivity index (χ4v) is 1.82. The summed E-state index contributed by atoms with van der Waals surface area (Å²) in [4.78, 5) is 29.9. The SMILES string of the molecule is Cc1ccc(N(C)C)cc1.O=[N+]([O-])c1cc([N+](=O)[O-])c(O)c([N+](=O)[O-])c1. The molecule has 0 bridgehead atoms. The number of hydrogen-bond acceptors (Lipinski definition) is 8. The molecule has 0 radical (unpaired) electrons. The minimum Gasteiger partial charge on any atom is -0.497 e. The number of aryl methyl sites for hydroxylation is 1. The van der Waals surface area contributed by atoms with Crippen LogP contribution in [0.15, 0.2) is 36.4 Å². The van der Waals surface area contributed by atoms with Crippen LogP contribution in [0.2, 0.25) is 0 Å². The number of nitro benzene ring substituents is 3. The van der Waals surface area contributed by atoms with Gasteiger partial charge in [0.25, 0.3) is 11.4 Å². The molecule has 0 spiro atoms. The molecule has 2 aromatic rings. The third-order valence-electron chi connectivity index (χ3n) is 3.21. The second-order valence-corrected chi connectivity index (χ2v) is 5.33. The zero-order valence-corrected chi connectivity index (χ0v) is 14.1. The Bertz CT molecular complexity index is 799. The Balaban J connectivity index is 0.000000289. The molecule has 0 amide bonds. The van der Waals surface area contributed by atoms with Gasteiger partial charge in [0.1, 0.15) is 0 Å². The second-order valence-electron chi connectivity index (χ2n) is 5.33. The largest absolute Gasteiger partial charge is 0.497 e. The number of aromatic hydroxyl groups is 1. The van der Waals surface area contributed by atoms with Crippen molar-refractivity contribution < 1.29 is 19.9 Å². The van der Waals surface area contributed by atoms with Gasteiger partial charge in [-0.3, -0.25) is 30.3 Å². The Morgan fingerprint density at radius 1 is 0.846 bits per heavy atom. The molecule has 26 heavy (non-hydrogen) atoms. The molecule has 11 nitrogen and oxygen atoms in total. The van der Waals surface area contributed by atoms with Gasteiger partial charge in [-0.05, 0) is 19.1 Å². The van der Waals surface area contributed by atoms with Crippen molar-refractivity contribution in [3.05, 3.63) is 72.3 Å². The first kappa shape index (κ1) is 20.3. The molecule has 0 saturated carbocycles. The van der Waals surface area contributed by atoms with Crippen molar-refractivity contribution in [2.24, 2.45) is 0 Å². The summed E-state index contributed by atoms with van der Waals surface area (Å²) < 4.78 is 0. The summed E-state index contributed by atoms with van der Waals surface area (Å²) in [5.74, 6) is -1.21. The summed E-state index contributed by atoms with van der Waals surface area (Å²) in [6, 6.07) is 9.38. The minimum absolute atomic E-state index is 0.447. The van der Waals surface area contributed by atoms with Gasteiger partial charge in [0.15, 0.2) is 0 Å². The average Bonchev–Trinajstić information content (AvgIpc) is 2.55. The van der Waals surface area contributed by atoms with Crippen LogP contribution in [-0.2, 0) is 0 Å². The van der Waals surface area contributed by atoms with E-state index in [4.69, 9.17) is 5.11 Å². The fourth-order valence-electron chi connectivity index (χ4n) is 1.82. The standard InChI is InChI=1S/C9H13N.C6H3N3O7/c1-8-4-6-9(7-5-8)10(2)3;10-6-4(8(13)14)1-3(7(11)12)2-5(6)9(15)16/h4-7H,1-3H3;1-2,10H. The topological polar surface area (TPSA) is 153 Å². The van der Waals surface area contributed by atoms with Crippen LogP contribution >= 0.6 is 0 Å². The van der Waals surface area contributed by atoms with Crippen molar-refractivity contribution in [3.8, 4) is 5.75 Å². The van der Waals surface area contributed by atoms with Gasteiger partial charge in [-0.2, -0.15) is 0 Å². The molecule has 0 aliphatic heterocycles. The van der Waals surface area contributed by atoms with Crippen molar-refractivity contribution in [1.82, 2.24) is 0 Å². The maximum atomic E-state index is 10.4. The Hall–Kier alpha value is -3.76. The summed E-state index contributed by atoms with van der Waals surface area (Å²) in [7, 11) is 4.09. The van der Waals surface area contributed by atoms with E-state index >= 15 is 0 Å². The normalized spacial score (nSPS) is 9.65. The van der Waals surface area contributed by atoms with E-state index in [0.717, 1.165) is 0 Å². The van der Waals surface area contributed by atoms with E-state index < -0.39 is 37.6 Å². The van der Waals surface area contributed by atoms with Gasteiger partial charge in [-0.1, -0.05) is 17.7 Å². The highest BCUT2D eigenvalue weighted by atomic mass is 16.6. The van der Waals surface area contributed by atoms with Crippen LogP contribution < -0.4 is 4.90 Å². The Kier molecular flexibility index (Phi) is 6.53. The first-order valence-corrected chi connectivity index (χ1v) is 7.08. The lowest BCUT2D eigenvalue weighted by molar-refractivity contribution is -0.404. The molecule has 0 saturated heterocycles. The van der Waals surface area contributed by atoms with Crippen LogP contribution in [0.1, 0.15) is 5.56 Å². The zero-order chi connectivity index (χ0) is 20.0. The maximum absolute atomic E-state index is 10.4. The monoisotopic (exact) mass is 364 g/mol. The zero-order valence-electron chi connectivity index (χ0n) is 14.1. The molecule has 2 rings (SSSR count). The number of hydrogen-bond donors (Lipinski definition) is 1. The molecule has 0 unspecified atom stereocenters. The number of nitrogens with zero attached hydrogens (tertiary/aromatic N) is 4. The van der Waals surface area contributed by atoms with E-state index in [1.807, 2.05) is 14.1 Å². The third kappa shape index (κ3) is 5.12. The summed E-state index contributed by atoms with van der Waals surface area (Å²) in [6.45, 7) is 2.10. The first-order chi connectivity index (χ1) is 12.0. The van der Waals surface area contributed by atoms with Crippen LogP contribution in [0.3, 0.4) is 0 Å². The molecule has 0 heterocycles. The fraction of sp³-hybridized carbons (Fsp3) is 0.200. The first-order valence-electron chi connectivity index (χ1n) is 7.08. The van der Waals surface area contributed by atoms with Gasteiger partial charge >= 0.3 is 11.4 Å². The lowest BCUT2D eigenvalue weighted by atomic mass is 10.2. The van der Waals surface area contributed by atoms with E-state index in [9.17, 15) is 30.3 Å². The smallest absolute Gasteiger partial charge is 0.324 e. The summed E-state index contributed by atoms with van der Waals surface area (Å²) in [6.07, 6.45) is 0. The molecule has 138 valence electrons. The maximum Gasteiger partial charge on any atom is 0.324 e. The van der Waals surface area contributed by atoms with E-state index in [1.165, 1.54) is 11.3 Å². The Labute approximate surface area is 147 Å². The van der Waals surface area contributed by atoms with Crippen molar-refractivity contribution in [1.29, 1.82) is 0 Å². The molecule has 0 fully saturated rings. The van der Waals surface area contributed by atoms with E-state index in [-0.39, 0.29) is 0 Å². The average molecular weight is 364 g/mol. The minimum atomic E-state index is -1.21. The number of rotatable bonds is 4. The van der Waals surface area contributed by atoms with Gasteiger partial charge in [0.2, 0.25) is 0 Å². The van der Waals surface area contributed by atoms with E-state index in [1.54, 1.807) is 0 Å². The molecular weight excluding hydrogens is 348 g/mol. The van der Waals surface area contributed by atoms with Crippen LogP contribution in [-0.4, -0.2) is 34.0 Å². The van der Waals surface area contributed by atoms with Crippen molar-refractivity contribution in [2.75, 3.05) is 19.0 Å². The Morgan fingerprint density at radius 3 is 1.58 bits per heavy atom. The highest BCUT2D eigenvalue weighted by molar-refractivity contribution is 5.64. The molecule has 0 atom stereocenters. The third-order valence-corrected chi connectivity index (χ3v) is 3.21. The highest BCUT2D eigenvalue weighted by Crippen LogP contribution is 2.38. The quantitative estimate of drug-likeness (QED) is 0.641. The van der Waals surface area contributed by atoms with Gasteiger partial charge in [0, 0.05) is 19.8 Å². The van der Waals surface area contributed by atoms with Gasteiger partial charge < -0.3 is 10.0 Å². The Morgan fingerprint density at radius 2 is 1.27 bits per heavy atom. The van der Waals surface area contributed by atoms with Crippen molar-refractivity contribution >= 4 is 22.7 Å². The van der Waals surface area contributed by atoms with Crippen LogP contribution in [0.4, 0.5) is 22.7 Å². The molecule has 2 aromatic carbocycles. The van der Waals surface area contributed by atoms with Gasteiger partial charge in [-0.25, -0.2) is 0 Å². The predicted octanol–water partition coefficient (Wildman–Crippen LogP) is 3.18. The molecule has 11 heteroatoms. The van der Waals surface area contributed by atoms with Crippen molar-refractivity contribution in [3.63, 3.8) is 0 Å². The van der Waals surface area contributed by atoms with Crippen LogP contribution in [0.25, 0.3) is 0 Å². The number of phenols is 1. The number of anilines is 1. The summed E-state index contributed by atoms with van der Waals surface area (Å²) in [5, 5.41) is 40.2.